The fourth-order valence-corrected chi connectivity index (χ4v) is 1.03. The lowest BCUT2D eigenvalue weighted by Crippen LogP contribution is -2.23. The third-order valence-corrected chi connectivity index (χ3v) is 1.71. The van der Waals surface area contributed by atoms with Gasteiger partial charge in [-0.05, 0) is 19.1 Å². The van der Waals surface area contributed by atoms with Crippen molar-refractivity contribution in [1.82, 2.24) is 0 Å². The van der Waals surface area contributed by atoms with Gasteiger partial charge in [-0.3, -0.25) is 0 Å². The molecule has 1 aromatic rings. The van der Waals surface area contributed by atoms with Gasteiger partial charge in [-0.15, -0.1) is 0 Å². The van der Waals surface area contributed by atoms with E-state index < -0.39 is 11.9 Å². The van der Waals surface area contributed by atoms with Gasteiger partial charge < -0.3 is 14.2 Å². The first-order valence-electron chi connectivity index (χ1n) is 4.71. The average molecular weight is 224 g/mol. The lowest BCUT2D eigenvalue weighted by atomic mass is 10.3. The van der Waals surface area contributed by atoms with Crippen LogP contribution in [0.4, 0.5) is 0 Å². The highest BCUT2D eigenvalue weighted by Gasteiger charge is 2.19. The highest BCUT2D eigenvalue weighted by atomic mass is 16.6. The van der Waals surface area contributed by atoms with E-state index in [-0.39, 0.29) is 12.4 Å². The SMILES string of the molecule is CCOC(=O)C(=O)Oc1ccccc1OC. The van der Waals surface area contributed by atoms with E-state index >= 15 is 0 Å². The minimum Gasteiger partial charge on any atom is -0.493 e. The number of methoxy groups -OCH3 is 1. The number of para-hydroxylation sites is 2. The number of carbonyl (C=O) groups is 2. The molecule has 1 rings (SSSR count). The molecule has 0 amide bonds. The topological polar surface area (TPSA) is 61.8 Å². The number of hydrogen-bond donors (Lipinski definition) is 0. The Hall–Kier alpha value is -2.04. The van der Waals surface area contributed by atoms with Crippen molar-refractivity contribution in [2.45, 2.75) is 6.92 Å². The molecule has 0 saturated carbocycles. The van der Waals surface area contributed by atoms with Crippen LogP contribution in [0.2, 0.25) is 0 Å². The first-order valence-corrected chi connectivity index (χ1v) is 4.71. The Morgan fingerprint density at radius 1 is 1.12 bits per heavy atom. The second kappa shape index (κ2) is 5.75. The summed E-state index contributed by atoms with van der Waals surface area (Å²) in [6.07, 6.45) is 0. The standard InChI is InChI=1S/C11H12O5/c1-3-15-10(12)11(13)16-9-7-5-4-6-8(9)14-2/h4-7H,3H2,1-2H3. The van der Waals surface area contributed by atoms with Crippen LogP contribution in [0.1, 0.15) is 6.92 Å². The van der Waals surface area contributed by atoms with E-state index in [4.69, 9.17) is 9.47 Å². The number of esters is 2. The molecule has 0 heterocycles. The molecule has 1 aromatic carbocycles. The molecule has 0 radical (unpaired) electrons. The predicted molar refractivity (Wildman–Crippen MR) is 55.3 cm³/mol. The van der Waals surface area contributed by atoms with Crippen LogP contribution in [0.15, 0.2) is 24.3 Å². The molecule has 86 valence electrons. The Labute approximate surface area is 92.9 Å². The molecule has 0 N–H and O–H groups in total. The van der Waals surface area contributed by atoms with Crippen molar-refractivity contribution < 1.29 is 23.8 Å². The van der Waals surface area contributed by atoms with E-state index in [0.29, 0.717) is 5.75 Å². The predicted octanol–water partition coefficient (Wildman–Crippen LogP) is 1.16. The minimum absolute atomic E-state index is 0.125. The van der Waals surface area contributed by atoms with Crippen LogP contribution >= 0.6 is 0 Å². The molecule has 0 atom stereocenters. The van der Waals surface area contributed by atoms with Crippen LogP contribution in [0, 0.1) is 0 Å². The zero-order chi connectivity index (χ0) is 12.0. The van der Waals surface area contributed by atoms with E-state index in [1.165, 1.54) is 13.2 Å². The lowest BCUT2D eigenvalue weighted by Gasteiger charge is -2.07. The maximum Gasteiger partial charge on any atom is 0.422 e. The third kappa shape index (κ3) is 2.98. The average Bonchev–Trinajstić information content (AvgIpc) is 2.30. The summed E-state index contributed by atoms with van der Waals surface area (Å²) in [7, 11) is 1.44. The van der Waals surface area contributed by atoms with Gasteiger partial charge in [-0.2, -0.15) is 0 Å². The summed E-state index contributed by atoms with van der Waals surface area (Å²) in [6, 6.07) is 6.53. The summed E-state index contributed by atoms with van der Waals surface area (Å²) < 4.78 is 14.3. The summed E-state index contributed by atoms with van der Waals surface area (Å²) in [5, 5.41) is 0. The zero-order valence-electron chi connectivity index (χ0n) is 9.06. The molecule has 0 aliphatic heterocycles. The van der Waals surface area contributed by atoms with Crippen LogP contribution < -0.4 is 9.47 Å². The lowest BCUT2D eigenvalue weighted by molar-refractivity contribution is -0.161. The van der Waals surface area contributed by atoms with Gasteiger partial charge in [-0.1, -0.05) is 12.1 Å². The van der Waals surface area contributed by atoms with Gasteiger partial charge in [0.15, 0.2) is 11.5 Å². The Morgan fingerprint density at radius 2 is 1.75 bits per heavy atom. The molecule has 16 heavy (non-hydrogen) atoms. The van der Waals surface area contributed by atoms with E-state index in [0.717, 1.165) is 0 Å². The first kappa shape index (κ1) is 12.0. The van der Waals surface area contributed by atoms with E-state index in [1.54, 1.807) is 25.1 Å². The van der Waals surface area contributed by atoms with Gasteiger partial charge in [0, 0.05) is 0 Å². The highest BCUT2D eigenvalue weighted by molar-refractivity contribution is 6.30. The van der Waals surface area contributed by atoms with Crippen molar-refractivity contribution in [3.63, 3.8) is 0 Å². The summed E-state index contributed by atoms with van der Waals surface area (Å²) in [5.41, 5.74) is 0. The van der Waals surface area contributed by atoms with E-state index in [1.807, 2.05) is 0 Å². The van der Waals surface area contributed by atoms with Crippen LogP contribution in [0.25, 0.3) is 0 Å². The molecule has 0 aromatic heterocycles. The van der Waals surface area contributed by atoms with E-state index in [9.17, 15) is 9.59 Å². The number of carbonyl (C=O) groups excluding carboxylic acids is 2. The number of hydrogen-bond acceptors (Lipinski definition) is 5. The zero-order valence-corrected chi connectivity index (χ0v) is 9.06. The summed E-state index contributed by atoms with van der Waals surface area (Å²) in [4.78, 5) is 22.2. The van der Waals surface area contributed by atoms with Crippen LogP contribution in [-0.4, -0.2) is 25.7 Å². The fourth-order valence-electron chi connectivity index (χ4n) is 1.03. The Kier molecular flexibility index (Phi) is 4.32. The van der Waals surface area contributed by atoms with Gasteiger partial charge in [-0.25, -0.2) is 9.59 Å². The summed E-state index contributed by atoms with van der Waals surface area (Å²) >= 11 is 0. The van der Waals surface area contributed by atoms with Crippen LogP contribution in [0.3, 0.4) is 0 Å². The smallest absolute Gasteiger partial charge is 0.422 e. The maximum atomic E-state index is 11.2. The monoisotopic (exact) mass is 224 g/mol. The van der Waals surface area contributed by atoms with Crippen molar-refractivity contribution in [2.75, 3.05) is 13.7 Å². The van der Waals surface area contributed by atoms with Crippen molar-refractivity contribution in [1.29, 1.82) is 0 Å². The molecule has 0 saturated heterocycles. The van der Waals surface area contributed by atoms with Crippen molar-refractivity contribution in [2.24, 2.45) is 0 Å². The molecule has 5 nitrogen and oxygen atoms in total. The maximum absolute atomic E-state index is 11.2. The highest BCUT2D eigenvalue weighted by Crippen LogP contribution is 2.25. The van der Waals surface area contributed by atoms with Crippen LogP contribution in [0.5, 0.6) is 11.5 Å². The summed E-state index contributed by atoms with van der Waals surface area (Å²) in [6.45, 7) is 1.73. The number of rotatable bonds is 3. The second-order valence-electron chi connectivity index (χ2n) is 2.76. The first-order chi connectivity index (χ1) is 7.69. The molecular formula is C11H12O5. The number of benzene rings is 1. The second-order valence-corrected chi connectivity index (χ2v) is 2.76. The van der Waals surface area contributed by atoms with Gasteiger partial charge in [0.1, 0.15) is 0 Å². The Balaban J connectivity index is 2.73. The molecule has 0 aliphatic carbocycles. The van der Waals surface area contributed by atoms with Gasteiger partial charge >= 0.3 is 11.9 Å². The molecular weight excluding hydrogens is 212 g/mol. The molecule has 0 unspecified atom stereocenters. The third-order valence-electron chi connectivity index (χ3n) is 1.71. The normalized spacial score (nSPS) is 9.38. The van der Waals surface area contributed by atoms with Gasteiger partial charge in [0.25, 0.3) is 0 Å². The largest absolute Gasteiger partial charge is 0.493 e. The Bertz CT molecular complexity index is 386. The van der Waals surface area contributed by atoms with Crippen molar-refractivity contribution in [3.05, 3.63) is 24.3 Å². The fraction of sp³-hybridized carbons (Fsp3) is 0.273. The molecule has 0 bridgehead atoms. The van der Waals surface area contributed by atoms with Crippen molar-refractivity contribution in [3.8, 4) is 11.5 Å². The number of ether oxygens (including phenoxy) is 3. The van der Waals surface area contributed by atoms with E-state index in [2.05, 4.69) is 4.74 Å². The van der Waals surface area contributed by atoms with Gasteiger partial charge in [0.05, 0.1) is 13.7 Å². The molecule has 0 aliphatic rings. The minimum atomic E-state index is -1.06. The molecule has 5 heteroatoms. The summed E-state index contributed by atoms with van der Waals surface area (Å²) in [5.74, 6) is -1.53. The van der Waals surface area contributed by atoms with Gasteiger partial charge in [0.2, 0.25) is 0 Å². The quantitative estimate of drug-likeness (QED) is 0.438. The molecule has 0 fully saturated rings. The molecule has 0 spiro atoms. The Morgan fingerprint density at radius 3 is 2.31 bits per heavy atom. The van der Waals surface area contributed by atoms with Crippen molar-refractivity contribution >= 4 is 11.9 Å². The van der Waals surface area contributed by atoms with Crippen LogP contribution in [-0.2, 0) is 14.3 Å².